The summed E-state index contributed by atoms with van der Waals surface area (Å²) in [5, 5.41) is 27.5. The molecule has 25 nitrogen and oxygen atoms in total. The number of benzene rings is 2. The zero-order chi connectivity index (χ0) is 60.3. The highest BCUT2D eigenvalue weighted by molar-refractivity contribution is 5.92. The molecule has 5 aliphatic rings. The van der Waals surface area contributed by atoms with Crippen LogP contribution in [0, 0.1) is 5.92 Å². The predicted octanol–water partition coefficient (Wildman–Crippen LogP) is 1.55. The molecule has 0 spiro atoms. The second-order valence-electron chi connectivity index (χ2n) is 21.1. The number of carbonyl (C=O) groups excluding carboxylic acids is 6. The van der Waals surface area contributed by atoms with E-state index in [-0.39, 0.29) is 117 Å². The average molecular weight is 1180 g/mol. The molecule has 2 amide bonds. The maximum absolute atomic E-state index is 14.1. The van der Waals surface area contributed by atoms with E-state index >= 15 is 0 Å². The third-order valence-electron chi connectivity index (χ3n) is 16.2. The molecule has 85 heavy (non-hydrogen) atoms. The van der Waals surface area contributed by atoms with Crippen molar-refractivity contribution in [3.05, 3.63) is 119 Å². The number of aromatic nitrogens is 3. The number of rotatable bonds is 25. The van der Waals surface area contributed by atoms with Gasteiger partial charge in [0.05, 0.1) is 85.6 Å². The molecule has 0 radical (unpaired) electrons. The van der Waals surface area contributed by atoms with Crippen molar-refractivity contribution < 1.29 is 81.6 Å². The van der Waals surface area contributed by atoms with E-state index in [1.54, 1.807) is 65.4 Å². The monoisotopic (exact) mass is 1170 g/mol. The standard InChI is InChI=1S/C60H66N6O19/c1-6-35-37-18-32(67)10-12-45(37)63-53-39(35)24-65-47(53)20-43-41(55(65)73)28-82-57(75)59(43,8-3)84-51(71)22-61-49(69)30-79-15-14-78-27-34(26-77-5)81-17-16-80-31-50(70)62-23-52(72)85-60(9-4)44-21-48-54-40(25-66(48)56(74)42(44)29-83-58(60)76)36(7-2)38-19-33(68)11-13-46(38)64-54/h10-13,18-21,34,39,53,67-68H,6-9,14-17,22-31H2,1-5H3,(H,61,69)(H,62,70)/t34?,39?,53?,59-,60-/m0/s1. The summed E-state index contributed by atoms with van der Waals surface area (Å²) < 4.78 is 53.3. The first-order valence-corrected chi connectivity index (χ1v) is 28.2. The lowest BCUT2D eigenvalue weighted by Crippen LogP contribution is -2.49. The van der Waals surface area contributed by atoms with Gasteiger partial charge in [-0.2, -0.15) is 0 Å². The number of cyclic esters (lactones) is 2. The van der Waals surface area contributed by atoms with Crippen LogP contribution in [0.5, 0.6) is 11.5 Å². The minimum atomic E-state index is -1.99. The first kappa shape index (κ1) is 59.8. The van der Waals surface area contributed by atoms with Crippen molar-refractivity contribution in [1.29, 1.82) is 0 Å². The predicted molar refractivity (Wildman–Crippen MR) is 297 cm³/mol. The molecule has 0 aliphatic carbocycles. The van der Waals surface area contributed by atoms with Gasteiger partial charge in [-0.05, 0) is 79.8 Å². The number of phenolic OH excluding ortho intramolecular Hbond substituents is 2. The molecule has 0 saturated carbocycles. The van der Waals surface area contributed by atoms with Crippen LogP contribution in [-0.2, 0) is 115 Å². The summed E-state index contributed by atoms with van der Waals surface area (Å²) in [6.45, 7) is 5.25. The molecular formula is C60H66N6O19. The van der Waals surface area contributed by atoms with E-state index in [9.17, 15) is 48.6 Å². The van der Waals surface area contributed by atoms with Crippen molar-refractivity contribution in [2.45, 2.75) is 103 Å². The molecule has 450 valence electrons. The van der Waals surface area contributed by atoms with Crippen LogP contribution in [0.1, 0.15) is 92.1 Å². The molecule has 0 saturated heterocycles. The highest BCUT2D eigenvalue weighted by Crippen LogP contribution is 2.46. The van der Waals surface area contributed by atoms with Gasteiger partial charge in [-0.3, -0.25) is 33.8 Å². The van der Waals surface area contributed by atoms with Gasteiger partial charge in [-0.25, -0.2) is 14.6 Å². The Kier molecular flexibility index (Phi) is 17.6. The topological polar surface area (TPSA) is 319 Å². The van der Waals surface area contributed by atoms with Gasteiger partial charge in [0.25, 0.3) is 11.1 Å². The number of aromatic hydroxyl groups is 2. The summed E-state index contributed by atoms with van der Waals surface area (Å²) in [5.41, 5.74) is 0.925. The Balaban J connectivity index is 0.636. The number of esters is 4. The number of pyridine rings is 3. The summed E-state index contributed by atoms with van der Waals surface area (Å²) in [5.74, 6) is -4.91. The summed E-state index contributed by atoms with van der Waals surface area (Å²) >= 11 is 0. The molecule has 0 bridgehead atoms. The molecule has 8 heterocycles. The molecule has 5 aliphatic heterocycles. The Bertz CT molecular complexity index is 3780. The molecule has 10 rings (SSSR count). The fraction of sp³-hybridized carbons (Fsp3) is 0.467. The molecule has 3 unspecified atom stereocenters. The van der Waals surface area contributed by atoms with Gasteiger partial charge in [0.15, 0.2) is 0 Å². The maximum atomic E-state index is 14.1. The normalized spacial score (nSPS) is 19.8. The zero-order valence-corrected chi connectivity index (χ0v) is 47.7. The summed E-state index contributed by atoms with van der Waals surface area (Å²) in [4.78, 5) is 117. The molecule has 5 atom stereocenters. The number of hydrogen-bond donors (Lipinski definition) is 4. The number of ether oxygens (including phenoxy) is 9. The lowest BCUT2D eigenvalue weighted by atomic mass is 9.83. The number of phenols is 2. The molecule has 4 N–H and O–H groups in total. The molecule has 2 aromatic carbocycles. The van der Waals surface area contributed by atoms with Crippen LogP contribution in [0.3, 0.4) is 0 Å². The van der Waals surface area contributed by atoms with Crippen molar-refractivity contribution in [3.63, 3.8) is 0 Å². The number of fused-ring (bicyclic) bond motifs is 10. The van der Waals surface area contributed by atoms with E-state index in [2.05, 4.69) is 10.6 Å². The average Bonchev–Trinajstić information content (AvgIpc) is 2.04. The van der Waals surface area contributed by atoms with Gasteiger partial charge in [0, 0.05) is 52.6 Å². The van der Waals surface area contributed by atoms with Gasteiger partial charge in [-0.1, -0.05) is 33.3 Å². The number of aryl methyl sites for hydroxylation is 1. The highest BCUT2D eigenvalue weighted by Gasteiger charge is 2.53. The van der Waals surface area contributed by atoms with Crippen LogP contribution in [-0.4, -0.2) is 139 Å². The van der Waals surface area contributed by atoms with Gasteiger partial charge in [-0.15, -0.1) is 0 Å². The Labute approximate surface area is 485 Å². The number of hydrogen-bond acceptors (Lipinski definition) is 21. The highest BCUT2D eigenvalue weighted by atomic mass is 16.6. The first-order valence-electron chi connectivity index (χ1n) is 28.2. The van der Waals surface area contributed by atoms with E-state index in [0.717, 1.165) is 27.3 Å². The third kappa shape index (κ3) is 11.4. The summed E-state index contributed by atoms with van der Waals surface area (Å²) in [7, 11) is 1.47. The molecular weight excluding hydrogens is 1110 g/mol. The van der Waals surface area contributed by atoms with Crippen molar-refractivity contribution in [2.24, 2.45) is 10.9 Å². The van der Waals surface area contributed by atoms with Crippen LogP contribution in [0.2, 0.25) is 0 Å². The van der Waals surface area contributed by atoms with Gasteiger partial charge < -0.3 is 72.6 Å². The van der Waals surface area contributed by atoms with Crippen LogP contribution >= 0.6 is 0 Å². The minimum absolute atomic E-state index is 0.0124. The van der Waals surface area contributed by atoms with Crippen LogP contribution in [0.4, 0.5) is 0 Å². The summed E-state index contributed by atoms with van der Waals surface area (Å²) in [6, 6.07) is 12.7. The van der Waals surface area contributed by atoms with Crippen molar-refractivity contribution in [2.75, 3.05) is 73.1 Å². The van der Waals surface area contributed by atoms with Gasteiger partial charge in [0.2, 0.25) is 23.0 Å². The Morgan fingerprint density at radius 1 is 0.718 bits per heavy atom. The fourth-order valence-corrected chi connectivity index (χ4v) is 12.0. The van der Waals surface area contributed by atoms with Gasteiger partial charge >= 0.3 is 23.9 Å². The Morgan fingerprint density at radius 2 is 1.32 bits per heavy atom. The summed E-state index contributed by atoms with van der Waals surface area (Å²) in [6.07, 6.45) is 0.562. The second-order valence-corrected chi connectivity index (χ2v) is 21.1. The van der Waals surface area contributed by atoms with E-state index in [1.807, 2.05) is 13.8 Å². The zero-order valence-electron chi connectivity index (χ0n) is 47.7. The molecule has 25 heteroatoms. The lowest BCUT2D eigenvalue weighted by molar-refractivity contribution is -0.189. The molecule has 3 aromatic heterocycles. The Morgan fingerprint density at radius 3 is 1.94 bits per heavy atom. The second kappa shape index (κ2) is 25.1. The maximum Gasteiger partial charge on any atom is 0.355 e. The fourth-order valence-electron chi connectivity index (χ4n) is 12.0. The molecule has 5 aromatic rings. The number of carbonyl (C=O) groups is 6. The minimum Gasteiger partial charge on any atom is -0.508 e. The quantitative estimate of drug-likeness (QED) is 0.0359. The number of methoxy groups -OCH3 is 1. The van der Waals surface area contributed by atoms with E-state index in [4.69, 9.17) is 52.6 Å². The largest absolute Gasteiger partial charge is 0.508 e. The number of nitrogens with zero attached hydrogens (tertiary/aromatic N) is 4. The SMILES string of the molecule is CCC1=c2cc(O)ccc2=NC2c3cc4c(c(=O)n3CC12)COC(=O)[C@@]4(CC)OC(=O)CNC(=O)COCCOCC(COC)OCCOCC(=O)NCC(=O)O[C@]1(CC)C(=O)OCc2c1cc1n(c2=O)Cc2c-1nc1ccc(O)cc1c2CC. The first-order chi connectivity index (χ1) is 41.0. The number of nitrogens with one attached hydrogen (secondary N) is 2. The van der Waals surface area contributed by atoms with Crippen molar-refractivity contribution in [1.82, 2.24) is 24.8 Å². The third-order valence-corrected chi connectivity index (χ3v) is 16.2. The van der Waals surface area contributed by atoms with Crippen molar-refractivity contribution >= 4 is 52.2 Å². The van der Waals surface area contributed by atoms with E-state index in [0.29, 0.717) is 47.3 Å². The van der Waals surface area contributed by atoms with E-state index < -0.39 is 90.9 Å². The van der Waals surface area contributed by atoms with E-state index in [1.165, 1.54) is 13.2 Å². The van der Waals surface area contributed by atoms with Crippen molar-refractivity contribution in [3.8, 4) is 22.9 Å². The van der Waals surface area contributed by atoms with Crippen LogP contribution < -0.4 is 32.3 Å². The smallest absolute Gasteiger partial charge is 0.355 e. The lowest BCUT2D eigenvalue weighted by Gasteiger charge is -2.35. The van der Waals surface area contributed by atoms with Gasteiger partial charge in [0.1, 0.15) is 57.1 Å². The molecule has 0 fully saturated rings. The Hall–Kier alpha value is -8.36. The van der Waals surface area contributed by atoms with Crippen LogP contribution in [0.15, 0.2) is 63.1 Å². The number of amides is 2. The van der Waals surface area contributed by atoms with Crippen LogP contribution in [0.25, 0.3) is 27.9 Å².